The number of esters is 1. The molecule has 3 rings (SSSR count). The third-order valence-electron chi connectivity index (χ3n) is 4.80. The first kappa shape index (κ1) is 18.4. The molecule has 0 aliphatic carbocycles. The van der Waals surface area contributed by atoms with Crippen molar-refractivity contribution in [2.75, 3.05) is 12.8 Å². The summed E-state index contributed by atoms with van der Waals surface area (Å²) < 4.78 is 5.23. The summed E-state index contributed by atoms with van der Waals surface area (Å²) in [4.78, 5) is 11.2. The summed E-state index contributed by atoms with van der Waals surface area (Å²) in [5, 5.41) is 4.17. The Labute approximate surface area is 156 Å². The van der Waals surface area contributed by atoms with Gasteiger partial charge in [-0.3, -0.25) is 0 Å². The Hall–Kier alpha value is -2.44. The van der Waals surface area contributed by atoms with Crippen molar-refractivity contribution in [2.24, 2.45) is 0 Å². The summed E-state index contributed by atoms with van der Waals surface area (Å²) in [6.45, 7) is 1.94. The Bertz CT molecular complexity index is 720. The minimum atomic E-state index is -2.19. The van der Waals surface area contributed by atoms with Crippen LogP contribution in [0.4, 0.5) is 0 Å². The zero-order valence-electron chi connectivity index (χ0n) is 15.1. The van der Waals surface area contributed by atoms with Crippen LogP contribution in [0.5, 0.6) is 0 Å². The Morgan fingerprint density at radius 3 is 1.46 bits per heavy atom. The summed E-state index contributed by atoms with van der Waals surface area (Å²) in [5.41, 5.74) is 0. The average molecular weight is 364 g/mol. The van der Waals surface area contributed by atoms with Gasteiger partial charge in [0, 0.05) is 0 Å². The van der Waals surface area contributed by atoms with E-state index in [1.54, 1.807) is 0 Å². The number of hydrogen-bond acceptors (Lipinski definition) is 2. The second-order valence-electron chi connectivity index (χ2n) is 6.45. The molecule has 0 aromatic heterocycles. The Kier molecular flexibility index (Phi) is 6.20. The van der Waals surface area contributed by atoms with Crippen LogP contribution in [-0.2, 0) is 9.53 Å². The quantitative estimate of drug-likeness (QED) is 0.363. The van der Waals surface area contributed by atoms with E-state index in [0.717, 1.165) is 12.6 Å². The van der Waals surface area contributed by atoms with Crippen molar-refractivity contribution in [3.05, 3.63) is 91.0 Å². The van der Waals surface area contributed by atoms with Crippen molar-refractivity contribution >= 4 is 29.1 Å². The van der Waals surface area contributed by atoms with E-state index >= 15 is 0 Å². The van der Waals surface area contributed by atoms with E-state index in [-0.39, 0.29) is 5.97 Å². The van der Waals surface area contributed by atoms with Gasteiger partial charge >= 0.3 is 156 Å². The molecule has 0 saturated carbocycles. The van der Waals surface area contributed by atoms with Crippen LogP contribution in [0, 0.1) is 0 Å². The molecule has 0 amide bonds. The molecule has 0 fully saturated rings. The molecule has 0 saturated heterocycles. The number of ether oxygens (including phenoxy) is 1. The predicted molar refractivity (Wildman–Crippen MR) is 113 cm³/mol. The first-order valence-electron chi connectivity index (χ1n) is 9.03. The standard InChI is InChI=1S/C23H25O2P/c1-20(24)25-18-11-19-26(21-12-5-2-6-13-21,22-14-7-3-8-15-22)23-16-9-4-10-17-23/h2-10,12-17,26H,11,18-19H2,1H3. The van der Waals surface area contributed by atoms with E-state index in [0.29, 0.717) is 6.61 Å². The summed E-state index contributed by atoms with van der Waals surface area (Å²) in [5.74, 6) is -0.212. The molecule has 3 aromatic rings. The van der Waals surface area contributed by atoms with Gasteiger partial charge in [0.2, 0.25) is 0 Å². The second-order valence-corrected chi connectivity index (χ2v) is 10.5. The topological polar surface area (TPSA) is 26.3 Å². The van der Waals surface area contributed by atoms with Gasteiger partial charge in [-0.15, -0.1) is 0 Å². The van der Waals surface area contributed by atoms with Gasteiger partial charge in [-0.05, 0) is 0 Å². The molecule has 0 bridgehead atoms. The van der Waals surface area contributed by atoms with Crippen molar-refractivity contribution in [3.8, 4) is 0 Å². The predicted octanol–water partition coefficient (Wildman–Crippen LogP) is 3.67. The summed E-state index contributed by atoms with van der Waals surface area (Å²) in [6, 6.07) is 32.4. The van der Waals surface area contributed by atoms with Crippen LogP contribution in [0.15, 0.2) is 91.0 Å². The van der Waals surface area contributed by atoms with Gasteiger partial charge in [-0.1, -0.05) is 0 Å². The molecular weight excluding hydrogens is 339 g/mol. The van der Waals surface area contributed by atoms with Crippen LogP contribution in [0.3, 0.4) is 0 Å². The van der Waals surface area contributed by atoms with Crippen LogP contribution in [0.25, 0.3) is 0 Å². The Balaban J connectivity index is 2.10. The van der Waals surface area contributed by atoms with Crippen molar-refractivity contribution in [1.82, 2.24) is 0 Å². The molecule has 0 unspecified atom stereocenters. The Morgan fingerprint density at radius 2 is 1.12 bits per heavy atom. The number of carbonyl (C=O) groups is 1. The first-order valence-corrected chi connectivity index (χ1v) is 11.2. The zero-order valence-corrected chi connectivity index (χ0v) is 16.1. The number of benzene rings is 3. The average Bonchev–Trinajstić information content (AvgIpc) is 2.70. The summed E-state index contributed by atoms with van der Waals surface area (Å²) in [6.07, 6.45) is 1.85. The monoisotopic (exact) mass is 364 g/mol. The molecule has 2 nitrogen and oxygen atoms in total. The van der Waals surface area contributed by atoms with Gasteiger partial charge in [0.15, 0.2) is 0 Å². The molecule has 3 heteroatoms. The van der Waals surface area contributed by atoms with Crippen LogP contribution in [0.2, 0.25) is 0 Å². The molecule has 0 heterocycles. The molecule has 0 spiro atoms. The molecule has 3 aromatic carbocycles. The third kappa shape index (κ3) is 4.03. The van der Waals surface area contributed by atoms with Crippen LogP contribution in [0.1, 0.15) is 13.3 Å². The van der Waals surface area contributed by atoms with Gasteiger partial charge in [0.05, 0.1) is 0 Å². The third-order valence-corrected chi connectivity index (χ3v) is 9.86. The second kappa shape index (κ2) is 8.78. The normalized spacial score (nSPS) is 11.7. The van der Waals surface area contributed by atoms with Crippen LogP contribution < -0.4 is 15.9 Å². The number of carbonyl (C=O) groups excluding carboxylic acids is 1. The van der Waals surface area contributed by atoms with Gasteiger partial charge in [-0.2, -0.15) is 0 Å². The molecule has 0 aliphatic heterocycles. The fourth-order valence-electron chi connectivity index (χ4n) is 3.65. The van der Waals surface area contributed by atoms with Crippen molar-refractivity contribution < 1.29 is 9.53 Å². The molecule has 26 heavy (non-hydrogen) atoms. The first-order chi connectivity index (χ1) is 12.7. The Morgan fingerprint density at radius 1 is 0.731 bits per heavy atom. The summed E-state index contributed by atoms with van der Waals surface area (Å²) in [7, 11) is -2.19. The van der Waals surface area contributed by atoms with Gasteiger partial charge in [-0.25, -0.2) is 0 Å². The van der Waals surface area contributed by atoms with E-state index in [1.807, 2.05) is 0 Å². The van der Waals surface area contributed by atoms with E-state index < -0.39 is 7.26 Å². The number of hydrogen-bond donors (Lipinski definition) is 0. The molecule has 0 N–H and O–H groups in total. The van der Waals surface area contributed by atoms with Crippen LogP contribution in [-0.4, -0.2) is 18.7 Å². The minimum absolute atomic E-state index is 0.212. The molecule has 0 radical (unpaired) electrons. The van der Waals surface area contributed by atoms with Crippen molar-refractivity contribution in [2.45, 2.75) is 13.3 Å². The van der Waals surface area contributed by atoms with Gasteiger partial charge in [0.25, 0.3) is 0 Å². The maximum atomic E-state index is 11.2. The summed E-state index contributed by atoms with van der Waals surface area (Å²) >= 11 is 0. The van der Waals surface area contributed by atoms with E-state index in [4.69, 9.17) is 4.74 Å². The van der Waals surface area contributed by atoms with Gasteiger partial charge in [0.1, 0.15) is 0 Å². The SMILES string of the molecule is CC(=O)OCCC[PH](c1ccccc1)(c1ccccc1)c1ccccc1. The number of rotatable bonds is 7. The van der Waals surface area contributed by atoms with Crippen molar-refractivity contribution in [1.29, 1.82) is 0 Å². The molecule has 134 valence electrons. The van der Waals surface area contributed by atoms with Crippen molar-refractivity contribution in [3.63, 3.8) is 0 Å². The van der Waals surface area contributed by atoms with Gasteiger partial charge < -0.3 is 0 Å². The molecule has 0 atom stereocenters. The molecule has 0 aliphatic rings. The van der Waals surface area contributed by atoms with E-state index in [9.17, 15) is 4.79 Å². The fraction of sp³-hybridized carbons (Fsp3) is 0.174. The van der Waals surface area contributed by atoms with Crippen LogP contribution >= 0.6 is 7.26 Å². The van der Waals surface area contributed by atoms with E-state index in [1.165, 1.54) is 22.8 Å². The fourth-order valence-corrected chi connectivity index (χ4v) is 8.48. The maximum absolute atomic E-state index is 11.2. The molecular formula is C23H25O2P. The zero-order chi connectivity index (χ0) is 18.2. The van der Waals surface area contributed by atoms with E-state index in [2.05, 4.69) is 91.0 Å².